The van der Waals surface area contributed by atoms with E-state index in [0.29, 0.717) is 16.3 Å². The lowest BCUT2D eigenvalue weighted by molar-refractivity contribution is 0.0887. The Bertz CT molecular complexity index is 317. The molecule has 1 amide bonds. The average Bonchev–Trinajstić information content (AvgIpc) is 2.43. The van der Waals surface area contributed by atoms with E-state index in [1.807, 2.05) is 0 Å². The van der Waals surface area contributed by atoms with Gasteiger partial charge in [0.15, 0.2) is 0 Å². The molecule has 0 aliphatic heterocycles. The third-order valence-corrected chi connectivity index (χ3v) is 2.89. The lowest BCUT2D eigenvalue weighted by Gasteiger charge is -2.25. The molecule has 70 valence electrons. The minimum Gasteiger partial charge on any atom is -0.458 e. The molecule has 0 aromatic carbocycles. The first-order valence-electron chi connectivity index (χ1n) is 4.31. The topological polar surface area (TPSA) is 42.2 Å². The van der Waals surface area contributed by atoms with Gasteiger partial charge in [-0.05, 0) is 41.3 Å². The number of rotatable bonds is 2. The molecule has 0 spiro atoms. The van der Waals surface area contributed by atoms with Crippen molar-refractivity contribution in [1.29, 1.82) is 0 Å². The van der Waals surface area contributed by atoms with E-state index in [4.69, 9.17) is 4.42 Å². The zero-order valence-electron chi connectivity index (χ0n) is 7.05. The molecule has 0 bridgehead atoms. The quantitative estimate of drug-likeness (QED) is 0.867. The maximum absolute atomic E-state index is 11.5. The minimum atomic E-state index is -0.124. The van der Waals surface area contributed by atoms with Gasteiger partial charge < -0.3 is 9.73 Å². The molecule has 13 heavy (non-hydrogen) atoms. The zero-order valence-corrected chi connectivity index (χ0v) is 8.63. The van der Waals surface area contributed by atoms with Crippen LogP contribution < -0.4 is 5.32 Å². The standard InChI is InChI=1S/C9H10BrNO2/c10-7-4-5-13-8(7)9(12)11-6-2-1-3-6/h4-6H,1-3H2,(H,11,12). The van der Waals surface area contributed by atoms with Crippen LogP contribution in [0, 0.1) is 0 Å². The molecular weight excluding hydrogens is 234 g/mol. The highest BCUT2D eigenvalue weighted by atomic mass is 79.9. The highest BCUT2D eigenvalue weighted by Gasteiger charge is 2.22. The van der Waals surface area contributed by atoms with E-state index in [1.165, 1.54) is 12.7 Å². The van der Waals surface area contributed by atoms with Crippen LogP contribution in [0.5, 0.6) is 0 Å². The monoisotopic (exact) mass is 243 g/mol. The lowest BCUT2D eigenvalue weighted by atomic mass is 9.93. The minimum absolute atomic E-state index is 0.124. The zero-order chi connectivity index (χ0) is 9.26. The first kappa shape index (κ1) is 8.81. The van der Waals surface area contributed by atoms with E-state index in [9.17, 15) is 4.79 Å². The Kier molecular flexibility index (Phi) is 2.40. The van der Waals surface area contributed by atoms with Gasteiger partial charge in [-0.3, -0.25) is 4.79 Å². The molecule has 1 heterocycles. The summed E-state index contributed by atoms with van der Waals surface area (Å²) in [5.41, 5.74) is 0. The number of nitrogens with one attached hydrogen (secondary N) is 1. The molecular formula is C9H10BrNO2. The van der Waals surface area contributed by atoms with Crippen LogP contribution >= 0.6 is 15.9 Å². The highest BCUT2D eigenvalue weighted by molar-refractivity contribution is 9.10. The second-order valence-electron chi connectivity index (χ2n) is 3.20. The molecule has 0 saturated heterocycles. The van der Waals surface area contributed by atoms with E-state index in [0.717, 1.165) is 12.8 Å². The summed E-state index contributed by atoms with van der Waals surface area (Å²) < 4.78 is 5.75. The van der Waals surface area contributed by atoms with Gasteiger partial charge in [-0.15, -0.1) is 0 Å². The van der Waals surface area contributed by atoms with Crippen LogP contribution in [0.1, 0.15) is 29.8 Å². The smallest absolute Gasteiger partial charge is 0.288 e. The van der Waals surface area contributed by atoms with Crippen LogP contribution in [0.25, 0.3) is 0 Å². The third-order valence-electron chi connectivity index (χ3n) is 2.26. The highest BCUT2D eigenvalue weighted by Crippen LogP contribution is 2.21. The molecule has 4 heteroatoms. The lowest BCUT2D eigenvalue weighted by Crippen LogP contribution is -2.39. The Labute approximate surface area is 84.6 Å². The molecule has 1 aliphatic rings. The normalized spacial score (nSPS) is 16.7. The van der Waals surface area contributed by atoms with Crippen molar-refractivity contribution in [3.63, 3.8) is 0 Å². The summed E-state index contributed by atoms with van der Waals surface area (Å²) in [6.45, 7) is 0. The predicted octanol–water partition coefficient (Wildman–Crippen LogP) is 2.32. The largest absolute Gasteiger partial charge is 0.458 e. The summed E-state index contributed by atoms with van der Waals surface area (Å²) in [5, 5.41) is 2.90. The van der Waals surface area contributed by atoms with Gasteiger partial charge in [-0.1, -0.05) is 0 Å². The molecule has 1 saturated carbocycles. The Balaban J connectivity index is 2.00. The van der Waals surface area contributed by atoms with Crippen LogP contribution in [0.15, 0.2) is 21.2 Å². The van der Waals surface area contributed by atoms with E-state index in [-0.39, 0.29) is 5.91 Å². The first-order chi connectivity index (χ1) is 6.27. The molecule has 1 aromatic heterocycles. The van der Waals surface area contributed by atoms with Crippen molar-refractivity contribution in [3.8, 4) is 0 Å². The number of furan rings is 1. The van der Waals surface area contributed by atoms with Gasteiger partial charge in [0.1, 0.15) is 0 Å². The summed E-state index contributed by atoms with van der Waals surface area (Å²) in [6.07, 6.45) is 4.89. The maximum atomic E-state index is 11.5. The van der Waals surface area contributed by atoms with Gasteiger partial charge in [0.25, 0.3) is 5.91 Å². The average molecular weight is 244 g/mol. The molecule has 1 fully saturated rings. The van der Waals surface area contributed by atoms with Crippen LogP contribution in [-0.4, -0.2) is 11.9 Å². The fourth-order valence-electron chi connectivity index (χ4n) is 1.26. The van der Waals surface area contributed by atoms with Gasteiger partial charge in [0.2, 0.25) is 5.76 Å². The van der Waals surface area contributed by atoms with E-state index >= 15 is 0 Å². The Morgan fingerprint density at radius 2 is 2.38 bits per heavy atom. The molecule has 1 N–H and O–H groups in total. The number of hydrogen-bond donors (Lipinski definition) is 1. The van der Waals surface area contributed by atoms with Gasteiger partial charge in [0.05, 0.1) is 10.7 Å². The van der Waals surface area contributed by atoms with E-state index in [2.05, 4.69) is 21.2 Å². The Hall–Kier alpha value is -0.770. The van der Waals surface area contributed by atoms with Crippen LogP contribution in [0.3, 0.4) is 0 Å². The molecule has 3 nitrogen and oxygen atoms in total. The maximum Gasteiger partial charge on any atom is 0.288 e. The molecule has 0 radical (unpaired) electrons. The number of carbonyl (C=O) groups excluding carboxylic acids is 1. The summed E-state index contributed by atoms with van der Waals surface area (Å²) in [7, 11) is 0. The first-order valence-corrected chi connectivity index (χ1v) is 5.10. The molecule has 0 atom stereocenters. The second-order valence-corrected chi connectivity index (χ2v) is 4.05. The number of carbonyl (C=O) groups is 1. The summed E-state index contributed by atoms with van der Waals surface area (Å²) in [4.78, 5) is 11.5. The SMILES string of the molecule is O=C(NC1CCC1)c1occc1Br. The second kappa shape index (κ2) is 3.54. The van der Waals surface area contributed by atoms with Crippen LogP contribution in [0.4, 0.5) is 0 Å². The van der Waals surface area contributed by atoms with Gasteiger partial charge in [0, 0.05) is 6.04 Å². The number of halogens is 1. The van der Waals surface area contributed by atoms with E-state index in [1.54, 1.807) is 6.07 Å². The van der Waals surface area contributed by atoms with Crippen LogP contribution in [-0.2, 0) is 0 Å². The van der Waals surface area contributed by atoms with Crippen molar-refractivity contribution in [1.82, 2.24) is 5.32 Å². The Morgan fingerprint density at radius 1 is 1.62 bits per heavy atom. The fourth-order valence-corrected chi connectivity index (χ4v) is 1.64. The van der Waals surface area contributed by atoms with Gasteiger partial charge in [-0.25, -0.2) is 0 Å². The molecule has 1 aromatic rings. The summed E-state index contributed by atoms with van der Waals surface area (Å²) in [6, 6.07) is 2.07. The summed E-state index contributed by atoms with van der Waals surface area (Å²) >= 11 is 3.24. The molecule has 0 unspecified atom stereocenters. The van der Waals surface area contributed by atoms with Crippen molar-refractivity contribution in [3.05, 3.63) is 22.6 Å². The van der Waals surface area contributed by atoms with Crippen molar-refractivity contribution < 1.29 is 9.21 Å². The van der Waals surface area contributed by atoms with Crippen molar-refractivity contribution in [2.45, 2.75) is 25.3 Å². The third kappa shape index (κ3) is 1.77. The van der Waals surface area contributed by atoms with Crippen LogP contribution in [0.2, 0.25) is 0 Å². The molecule has 2 rings (SSSR count). The number of hydrogen-bond acceptors (Lipinski definition) is 2. The van der Waals surface area contributed by atoms with Gasteiger partial charge in [-0.2, -0.15) is 0 Å². The Morgan fingerprint density at radius 3 is 2.85 bits per heavy atom. The van der Waals surface area contributed by atoms with Crippen molar-refractivity contribution >= 4 is 21.8 Å². The fraction of sp³-hybridized carbons (Fsp3) is 0.444. The van der Waals surface area contributed by atoms with Crippen molar-refractivity contribution in [2.24, 2.45) is 0 Å². The summed E-state index contributed by atoms with van der Waals surface area (Å²) in [5.74, 6) is 0.244. The van der Waals surface area contributed by atoms with E-state index < -0.39 is 0 Å². The number of amides is 1. The van der Waals surface area contributed by atoms with Gasteiger partial charge >= 0.3 is 0 Å². The van der Waals surface area contributed by atoms with Crippen molar-refractivity contribution in [2.75, 3.05) is 0 Å². The molecule has 1 aliphatic carbocycles. The predicted molar refractivity (Wildman–Crippen MR) is 51.5 cm³/mol.